The number of amides is 1. The number of nitrogens with zero attached hydrogens (tertiary/aromatic N) is 4. The lowest BCUT2D eigenvalue weighted by atomic mass is 9.98. The number of anilines is 1. The van der Waals surface area contributed by atoms with E-state index < -0.39 is 12.7 Å². The van der Waals surface area contributed by atoms with Crippen molar-refractivity contribution in [2.45, 2.75) is 12.8 Å². The van der Waals surface area contributed by atoms with Crippen LogP contribution in [0.25, 0.3) is 22.4 Å². The zero-order valence-corrected chi connectivity index (χ0v) is 17.3. The highest BCUT2D eigenvalue weighted by Crippen LogP contribution is 2.28. The summed E-state index contributed by atoms with van der Waals surface area (Å²) in [6.07, 6.45) is 6.05. The van der Waals surface area contributed by atoms with Crippen molar-refractivity contribution in [1.82, 2.24) is 24.8 Å². The van der Waals surface area contributed by atoms with E-state index in [0.29, 0.717) is 41.7 Å². The van der Waals surface area contributed by atoms with Crippen molar-refractivity contribution in [2.75, 3.05) is 38.4 Å². The van der Waals surface area contributed by atoms with Gasteiger partial charge >= 0.3 is 0 Å². The molecule has 11 heteroatoms. The summed E-state index contributed by atoms with van der Waals surface area (Å²) in [6, 6.07) is 1.75. The molecule has 1 atom stereocenters. The number of H-pyrrole nitrogens is 1. The first-order chi connectivity index (χ1) is 15.0. The van der Waals surface area contributed by atoms with Gasteiger partial charge in [-0.3, -0.25) is 4.79 Å². The Hall–Kier alpha value is -2.85. The minimum absolute atomic E-state index is 0.0820. The molecule has 1 aliphatic heterocycles. The number of hydrogen-bond donors (Lipinski definition) is 2. The van der Waals surface area contributed by atoms with Crippen molar-refractivity contribution < 1.29 is 18.3 Å². The molecule has 0 aliphatic carbocycles. The number of carbonyl (C=O) groups is 1. The molecule has 1 saturated heterocycles. The number of fused-ring (bicyclic) bond motifs is 1. The highest BCUT2D eigenvalue weighted by Gasteiger charge is 2.24. The number of carbonyl (C=O) groups excluding carboxylic acids is 1. The number of rotatable bonds is 7. The summed E-state index contributed by atoms with van der Waals surface area (Å²) in [5.41, 5.74) is 1.29. The molecule has 1 amide bonds. The third kappa shape index (κ3) is 4.91. The van der Waals surface area contributed by atoms with Gasteiger partial charge in [0.25, 0.3) is 0 Å². The molecular weight excluding hydrogens is 430 g/mol. The van der Waals surface area contributed by atoms with E-state index in [1.165, 1.54) is 6.20 Å². The van der Waals surface area contributed by atoms with Crippen molar-refractivity contribution in [3.63, 3.8) is 0 Å². The van der Waals surface area contributed by atoms with Gasteiger partial charge in [-0.05, 0) is 24.8 Å². The molecule has 31 heavy (non-hydrogen) atoms. The van der Waals surface area contributed by atoms with Crippen LogP contribution in [0.3, 0.4) is 0 Å². The average Bonchev–Trinajstić information content (AvgIpc) is 3.20. The van der Waals surface area contributed by atoms with Gasteiger partial charge in [0.15, 0.2) is 24.3 Å². The third-order valence-corrected chi connectivity index (χ3v) is 5.42. The number of aromatic amines is 1. The maximum atomic E-state index is 14.3. The molecule has 4 heterocycles. The van der Waals surface area contributed by atoms with E-state index in [4.69, 9.17) is 11.6 Å². The second-order valence-corrected chi connectivity index (χ2v) is 7.77. The maximum Gasteiger partial charge on any atom is 0.248 e. The molecule has 0 radical (unpaired) electrons. The number of nitrogens with one attached hydrogen (secondary N) is 2. The monoisotopic (exact) mass is 450 g/mol. The number of pyridine rings is 1. The van der Waals surface area contributed by atoms with Crippen molar-refractivity contribution in [1.29, 1.82) is 0 Å². The van der Waals surface area contributed by atoms with Gasteiger partial charge in [0.05, 0.1) is 11.2 Å². The highest BCUT2D eigenvalue weighted by molar-refractivity contribution is 6.31. The summed E-state index contributed by atoms with van der Waals surface area (Å²) in [5.74, 6) is -0.289. The van der Waals surface area contributed by atoms with E-state index in [-0.39, 0.29) is 24.2 Å². The van der Waals surface area contributed by atoms with Crippen molar-refractivity contribution in [3.8, 4) is 11.4 Å². The minimum atomic E-state index is -0.988. The first-order valence-electron chi connectivity index (χ1n) is 9.86. The first-order valence-corrected chi connectivity index (χ1v) is 10.2. The lowest BCUT2D eigenvalue weighted by molar-refractivity contribution is -0.139. The largest absolute Gasteiger partial charge is 0.367 e. The van der Waals surface area contributed by atoms with Gasteiger partial charge in [-0.25, -0.2) is 23.7 Å². The van der Waals surface area contributed by atoms with Crippen LogP contribution in [-0.2, 0) is 9.53 Å². The number of likely N-dealkylation sites (tertiary alicyclic amines) is 1. The Morgan fingerprint density at radius 2 is 2.26 bits per heavy atom. The van der Waals surface area contributed by atoms with Crippen LogP contribution in [0.1, 0.15) is 12.8 Å². The zero-order valence-electron chi connectivity index (χ0n) is 16.6. The van der Waals surface area contributed by atoms with Gasteiger partial charge in [0.2, 0.25) is 5.91 Å². The topological polar surface area (TPSA) is 96.0 Å². The SMILES string of the molecule is O=C(COCF)N1CCCC(CNc2nc(-c3c[nH]c4ncc(Cl)cc34)ncc2F)C1. The second kappa shape index (κ2) is 9.52. The number of aromatic nitrogens is 4. The number of ether oxygens (including phenoxy) is 1. The summed E-state index contributed by atoms with van der Waals surface area (Å²) in [4.78, 5) is 29.4. The standard InChI is InChI=1S/C20H21ClF2N6O2/c21-13-4-14-15(7-26-18(14)25-6-13)19-27-8-16(23)20(28-19)24-5-12-2-1-3-29(9-12)17(30)10-31-11-22/h4,6-8,12H,1-3,5,9-11H2,(H,25,26)(H,24,27,28). The van der Waals surface area contributed by atoms with Crippen LogP contribution >= 0.6 is 11.6 Å². The number of hydrogen-bond acceptors (Lipinski definition) is 6. The van der Waals surface area contributed by atoms with Crippen LogP contribution in [0, 0.1) is 11.7 Å². The Kier molecular flexibility index (Phi) is 6.57. The first kappa shape index (κ1) is 21.4. The molecule has 3 aromatic heterocycles. The van der Waals surface area contributed by atoms with Crippen LogP contribution in [0.15, 0.2) is 24.7 Å². The van der Waals surface area contributed by atoms with Gasteiger partial charge in [0.1, 0.15) is 12.3 Å². The van der Waals surface area contributed by atoms with E-state index in [1.54, 1.807) is 17.2 Å². The van der Waals surface area contributed by atoms with Gasteiger partial charge in [-0.2, -0.15) is 0 Å². The fourth-order valence-electron chi connectivity index (χ4n) is 3.70. The summed E-state index contributed by atoms with van der Waals surface area (Å²) >= 11 is 6.05. The molecule has 1 fully saturated rings. The molecule has 0 saturated carbocycles. The number of alkyl halides is 1. The summed E-state index contributed by atoms with van der Waals surface area (Å²) in [7, 11) is 0. The Morgan fingerprint density at radius 1 is 1.39 bits per heavy atom. The number of piperidine rings is 1. The van der Waals surface area contributed by atoms with Gasteiger partial charge < -0.3 is 19.9 Å². The van der Waals surface area contributed by atoms with E-state index in [2.05, 4.69) is 30.0 Å². The summed E-state index contributed by atoms with van der Waals surface area (Å²) < 4.78 is 31.0. The molecule has 2 N–H and O–H groups in total. The van der Waals surface area contributed by atoms with Gasteiger partial charge in [0, 0.05) is 43.0 Å². The predicted molar refractivity (Wildman–Crippen MR) is 112 cm³/mol. The van der Waals surface area contributed by atoms with Crippen LogP contribution in [-0.4, -0.2) is 63.8 Å². The summed E-state index contributed by atoms with van der Waals surface area (Å²) in [6.45, 7) is 0.271. The van der Waals surface area contributed by atoms with Crippen molar-refractivity contribution >= 4 is 34.4 Å². The normalized spacial score (nSPS) is 16.6. The molecule has 0 spiro atoms. The minimum Gasteiger partial charge on any atom is -0.367 e. The molecule has 1 aliphatic rings. The summed E-state index contributed by atoms with van der Waals surface area (Å²) in [5, 5.41) is 4.25. The van der Waals surface area contributed by atoms with Gasteiger partial charge in [-0.15, -0.1) is 0 Å². The average molecular weight is 451 g/mol. The molecule has 0 bridgehead atoms. The van der Waals surface area contributed by atoms with E-state index in [9.17, 15) is 13.6 Å². The van der Waals surface area contributed by atoms with E-state index >= 15 is 0 Å². The molecule has 3 aromatic rings. The lowest BCUT2D eigenvalue weighted by Crippen LogP contribution is -2.43. The second-order valence-electron chi connectivity index (χ2n) is 7.33. The Balaban J connectivity index is 1.45. The van der Waals surface area contributed by atoms with Crippen LogP contribution in [0.5, 0.6) is 0 Å². The fourth-order valence-corrected chi connectivity index (χ4v) is 3.86. The maximum absolute atomic E-state index is 14.3. The molecule has 1 unspecified atom stereocenters. The lowest BCUT2D eigenvalue weighted by Gasteiger charge is -2.32. The van der Waals surface area contributed by atoms with Crippen LogP contribution in [0.4, 0.5) is 14.6 Å². The molecule has 4 rings (SSSR count). The van der Waals surface area contributed by atoms with Crippen LogP contribution < -0.4 is 5.32 Å². The van der Waals surface area contributed by atoms with Gasteiger partial charge in [-0.1, -0.05) is 11.6 Å². The highest BCUT2D eigenvalue weighted by atomic mass is 35.5. The zero-order chi connectivity index (χ0) is 21.8. The van der Waals surface area contributed by atoms with E-state index in [1.807, 2.05) is 0 Å². The third-order valence-electron chi connectivity index (χ3n) is 5.22. The van der Waals surface area contributed by atoms with Crippen LogP contribution in [0.2, 0.25) is 5.02 Å². The van der Waals surface area contributed by atoms with E-state index in [0.717, 1.165) is 24.4 Å². The Bertz CT molecular complexity index is 1080. The predicted octanol–water partition coefficient (Wildman–Crippen LogP) is 3.41. The Labute approximate surface area is 182 Å². The fraction of sp³-hybridized carbons (Fsp3) is 0.400. The van der Waals surface area contributed by atoms with Crippen molar-refractivity contribution in [3.05, 3.63) is 35.5 Å². The van der Waals surface area contributed by atoms with Crippen molar-refractivity contribution in [2.24, 2.45) is 5.92 Å². The molecule has 164 valence electrons. The number of halogens is 3. The molecule has 8 nitrogen and oxygen atoms in total. The Morgan fingerprint density at radius 3 is 3.10 bits per heavy atom. The molecular formula is C20H21ClF2N6O2. The smallest absolute Gasteiger partial charge is 0.248 e. The molecule has 0 aromatic carbocycles. The quantitative estimate of drug-likeness (QED) is 0.572.